The van der Waals surface area contributed by atoms with Crippen molar-refractivity contribution in [3.05, 3.63) is 52.1 Å². The Bertz CT molecular complexity index is 629. The molecule has 0 aliphatic carbocycles. The maximum Gasteiger partial charge on any atom is 0.293 e. The molecular weight excluding hydrogens is 260 g/mol. The SMILES string of the molecule is Cc1cccc(-c2cc(OCCO)cc(C)[n+]2[O-])[n+]1[O-]. The highest BCUT2D eigenvalue weighted by Gasteiger charge is 2.22. The van der Waals surface area contributed by atoms with Crippen LogP contribution in [0.5, 0.6) is 5.75 Å². The number of hydrogen-bond donors (Lipinski definition) is 1. The van der Waals surface area contributed by atoms with Crippen LogP contribution in [0, 0.1) is 24.3 Å². The zero-order chi connectivity index (χ0) is 14.7. The van der Waals surface area contributed by atoms with E-state index in [1.165, 1.54) is 6.07 Å². The molecule has 0 saturated carbocycles. The molecule has 0 atom stereocenters. The summed E-state index contributed by atoms with van der Waals surface area (Å²) < 4.78 is 6.71. The lowest BCUT2D eigenvalue weighted by atomic mass is 10.2. The molecule has 0 saturated heterocycles. The molecule has 2 rings (SSSR count). The minimum absolute atomic E-state index is 0.118. The van der Waals surface area contributed by atoms with Gasteiger partial charge in [0.15, 0.2) is 11.4 Å². The Morgan fingerprint density at radius 2 is 1.75 bits per heavy atom. The first-order valence-corrected chi connectivity index (χ1v) is 6.22. The standard InChI is InChI=1S/C14H16N2O4/c1-10-4-3-5-13(15(10)18)14-9-12(20-7-6-17)8-11(2)16(14)19/h3-5,8-9,17H,6-7H2,1-2H3. The van der Waals surface area contributed by atoms with Gasteiger partial charge in [0.25, 0.3) is 11.4 Å². The molecule has 0 radical (unpaired) electrons. The first kappa shape index (κ1) is 14.1. The summed E-state index contributed by atoms with van der Waals surface area (Å²) in [5.41, 5.74) is 1.40. The minimum atomic E-state index is -0.118. The van der Waals surface area contributed by atoms with Gasteiger partial charge in [0.05, 0.1) is 12.7 Å². The Labute approximate surface area is 116 Å². The molecule has 0 aliphatic heterocycles. The van der Waals surface area contributed by atoms with E-state index in [4.69, 9.17) is 9.84 Å². The zero-order valence-electron chi connectivity index (χ0n) is 11.4. The van der Waals surface area contributed by atoms with E-state index in [1.807, 2.05) is 0 Å². The highest BCUT2D eigenvalue weighted by molar-refractivity contribution is 5.50. The molecular formula is C14H16N2O4. The van der Waals surface area contributed by atoms with Gasteiger partial charge in [0, 0.05) is 32.0 Å². The van der Waals surface area contributed by atoms with Crippen LogP contribution in [0.15, 0.2) is 30.3 Å². The summed E-state index contributed by atoms with van der Waals surface area (Å²) in [6.07, 6.45) is 0. The van der Waals surface area contributed by atoms with Crippen LogP contribution >= 0.6 is 0 Å². The molecule has 0 fully saturated rings. The van der Waals surface area contributed by atoms with Crippen molar-refractivity contribution in [2.45, 2.75) is 13.8 Å². The van der Waals surface area contributed by atoms with Gasteiger partial charge in [-0.05, 0) is 6.07 Å². The van der Waals surface area contributed by atoms with E-state index in [0.29, 0.717) is 26.6 Å². The summed E-state index contributed by atoms with van der Waals surface area (Å²) in [4.78, 5) is 0. The van der Waals surface area contributed by atoms with E-state index < -0.39 is 0 Å². The molecule has 20 heavy (non-hydrogen) atoms. The zero-order valence-corrected chi connectivity index (χ0v) is 11.4. The third kappa shape index (κ3) is 2.65. The average molecular weight is 276 g/mol. The third-order valence-corrected chi connectivity index (χ3v) is 2.92. The van der Waals surface area contributed by atoms with Gasteiger partial charge in [-0.15, -0.1) is 0 Å². The highest BCUT2D eigenvalue weighted by atomic mass is 16.5. The van der Waals surface area contributed by atoms with Gasteiger partial charge in [0.1, 0.15) is 12.4 Å². The third-order valence-electron chi connectivity index (χ3n) is 2.92. The first-order chi connectivity index (χ1) is 9.54. The molecule has 1 N–H and O–H groups in total. The van der Waals surface area contributed by atoms with Gasteiger partial charge in [-0.1, -0.05) is 0 Å². The molecule has 106 valence electrons. The number of aliphatic hydroxyl groups excluding tert-OH is 1. The van der Waals surface area contributed by atoms with E-state index in [9.17, 15) is 10.4 Å². The molecule has 6 heteroatoms. The number of rotatable bonds is 4. The molecule has 2 heterocycles. The fourth-order valence-electron chi connectivity index (χ4n) is 1.91. The maximum absolute atomic E-state index is 12.1. The highest BCUT2D eigenvalue weighted by Crippen LogP contribution is 2.19. The van der Waals surface area contributed by atoms with Crippen molar-refractivity contribution in [3.63, 3.8) is 0 Å². The van der Waals surface area contributed by atoms with Crippen LogP contribution in [-0.4, -0.2) is 18.3 Å². The molecule has 2 aromatic heterocycles. The Balaban J connectivity index is 2.55. The normalized spacial score (nSPS) is 10.6. The van der Waals surface area contributed by atoms with Gasteiger partial charge in [-0.2, -0.15) is 9.46 Å². The smallest absolute Gasteiger partial charge is 0.293 e. The second-order valence-corrected chi connectivity index (χ2v) is 4.43. The minimum Gasteiger partial charge on any atom is -0.618 e. The van der Waals surface area contributed by atoms with Crippen molar-refractivity contribution in [2.75, 3.05) is 13.2 Å². The Kier molecular flexibility index (Phi) is 4.05. The monoisotopic (exact) mass is 276 g/mol. The molecule has 0 aliphatic rings. The Hall–Kier alpha value is -2.34. The van der Waals surface area contributed by atoms with Gasteiger partial charge < -0.3 is 20.3 Å². The lowest BCUT2D eigenvalue weighted by Crippen LogP contribution is -2.40. The van der Waals surface area contributed by atoms with E-state index in [0.717, 1.165) is 0 Å². The van der Waals surface area contributed by atoms with Crippen LogP contribution in [0.2, 0.25) is 0 Å². The van der Waals surface area contributed by atoms with E-state index in [1.54, 1.807) is 38.1 Å². The summed E-state index contributed by atoms with van der Waals surface area (Å²) in [7, 11) is 0. The Morgan fingerprint density at radius 3 is 2.45 bits per heavy atom. The first-order valence-electron chi connectivity index (χ1n) is 6.22. The molecule has 0 spiro atoms. The number of hydrogen-bond acceptors (Lipinski definition) is 4. The molecule has 0 aromatic carbocycles. The molecule has 6 nitrogen and oxygen atoms in total. The summed E-state index contributed by atoms with van der Waals surface area (Å²) in [6.45, 7) is 3.32. The van der Waals surface area contributed by atoms with Crippen molar-refractivity contribution in [2.24, 2.45) is 0 Å². The second-order valence-electron chi connectivity index (χ2n) is 4.43. The van der Waals surface area contributed by atoms with Gasteiger partial charge in [0.2, 0.25) is 0 Å². The summed E-state index contributed by atoms with van der Waals surface area (Å²) in [5.74, 6) is 0.445. The van der Waals surface area contributed by atoms with Crippen LogP contribution in [0.4, 0.5) is 0 Å². The topological polar surface area (TPSA) is 83.3 Å². The largest absolute Gasteiger partial charge is 0.618 e. The average Bonchev–Trinajstić information content (AvgIpc) is 2.43. The van der Waals surface area contributed by atoms with E-state index >= 15 is 0 Å². The molecule has 2 aromatic rings. The number of aromatic nitrogens is 2. The van der Waals surface area contributed by atoms with Crippen LogP contribution in [0.3, 0.4) is 0 Å². The second kappa shape index (κ2) is 5.75. The van der Waals surface area contributed by atoms with Crippen molar-refractivity contribution >= 4 is 0 Å². The number of nitrogens with zero attached hydrogens (tertiary/aromatic N) is 2. The van der Waals surface area contributed by atoms with Crippen molar-refractivity contribution < 1.29 is 19.3 Å². The van der Waals surface area contributed by atoms with Crippen LogP contribution in [0.25, 0.3) is 11.4 Å². The molecule has 0 unspecified atom stereocenters. The van der Waals surface area contributed by atoms with Crippen LogP contribution in [0.1, 0.15) is 11.4 Å². The van der Waals surface area contributed by atoms with E-state index in [-0.39, 0.29) is 24.6 Å². The Morgan fingerprint density at radius 1 is 1.05 bits per heavy atom. The fourth-order valence-corrected chi connectivity index (χ4v) is 1.91. The van der Waals surface area contributed by atoms with Gasteiger partial charge in [-0.3, -0.25) is 0 Å². The maximum atomic E-state index is 12.1. The number of pyridine rings is 2. The summed E-state index contributed by atoms with van der Waals surface area (Å²) in [6, 6.07) is 8.04. The van der Waals surface area contributed by atoms with Crippen LogP contribution in [-0.2, 0) is 0 Å². The van der Waals surface area contributed by atoms with E-state index in [2.05, 4.69) is 0 Å². The van der Waals surface area contributed by atoms with Crippen molar-refractivity contribution in [1.82, 2.24) is 0 Å². The van der Waals surface area contributed by atoms with Crippen LogP contribution < -0.4 is 14.2 Å². The summed E-state index contributed by atoms with van der Waals surface area (Å²) in [5, 5.41) is 32.9. The number of aliphatic hydroxyl groups is 1. The number of ether oxygens (including phenoxy) is 1. The van der Waals surface area contributed by atoms with Gasteiger partial charge >= 0.3 is 0 Å². The quantitative estimate of drug-likeness (QED) is 0.655. The predicted molar refractivity (Wildman–Crippen MR) is 71.9 cm³/mol. The summed E-state index contributed by atoms with van der Waals surface area (Å²) >= 11 is 0. The predicted octanol–water partition coefficient (Wildman–Crippen LogP) is 0.608. The molecule has 0 amide bonds. The van der Waals surface area contributed by atoms with Crippen molar-refractivity contribution in [1.29, 1.82) is 0 Å². The van der Waals surface area contributed by atoms with Gasteiger partial charge in [-0.25, -0.2) is 0 Å². The van der Waals surface area contributed by atoms with Crippen molar-refractivity contribution in [3.8, 4) is 17.1 Å². The number of aryl methyl sites for hydroxylation is 2. The lowest BCUT2D eigenvalue weighted by molar-refractivity contribution is -0.632. The fraction of sp³-hybridized carbons (Fsp3) is 0.286. The lowest BCUT2D eigenvalue weighted by Gasteiger charge is -2.11. The molecule has 0 bridgehead atoms.